The van der Waals surface area contributed by atoms with E-state index >= 15 is 0 Å². The molecule has 0 aliphatic carbocycles. The van der Waals surface area contributed by atoms with Crippen molar-refractivity contribution in [2.75, 3.05) is 14.2 Å². The van der Waals surface area contributed by atoms with Gasteiger partial charge in [0.05, 0.1) is 12.1 Å². The molecule has 2 rings (SSSR count). The third kappa shape index (κ3) is 3.09. The van der Waals surface area contributed by atoms with Crippen LogP contribution in [0.2, 0.25) is 5.02 Å². The average molecular weight is 279 g/mol. The van der Waals surface area contributed by atoms with E-state index in [1.54, 1.807) is 31.3 Å². The molecule has 0 atom stereocenters. The first-order valence-corrected chi connectivity index (χ1v) is 6.21. The summed E-state index contributed by atoms with van der Waals surface area (Å²) < 4.78 is 5.27. The van der Waals surface area contributed by atoms with Crippen LogP contribution < -0.4 is 4.74 Å². The molecule has 0 unspecified atom stereocenters. The molecule has 0 aliphatic rings. The average Bonchev–Trinajstić information content (AvgIpc) is 2.85. The number of amides is 1. The second kappa shape index (κ2) is 5.80. The number of hydrogen-bond donors (Lipinski definition) is 1. The fourth-order valence-electron chi connectivity index (χ4n) is 1.86. The molecule has 0 spiro atoms. The van der Waals surface area contributed by atoms with E-state index in [2.05, 4.69) is 4.98 Å². The predicted molar refractivity (Wildman–Crippen MR) is 74.6 cm³/mol. The summed E-state index contributed by atoms with van der Waals surface area (Å²) in [5.74, 6) is 0.657. The lowest BCUT2D eigenvalue weighted by molar-refractivity contribution is 0.0779. The van der Waals surface area contributed by atoms with Crippen LogP contribution in [0.25, 0.3) is 0 Å². The second-order valence-electron chi connectivity index (χ2n) is 4.20. The number of rotatable bonds is 4. The summed E-state index contributed by atoms with van der Waals surface area (Å²) in [5.41, 5.74) is 1.43. The Bertz CT molecular complexity index is 580. The zero-order valence-corrected chi connectivity index (χ0v) is 11.6. The van der Waals surface area contributed by atoms with Crippen LogP contribution in [0.5, 0.6) is 5.75 Å². The van der Waals surface area contributed by atoms with Gasteiger partial charge >= 0.3 is 0 Å². The first-order valence-electron chi connectivity index (χ1n) is 5.83. The Labute approximate surface area is 116 Å². The Balaban J connectivity index is 2.12. The molecule has 1 aromatic heterocycles. The minimum atomic E-state index is -0.113. The summed E-state index contributed by atoms with van der Waals surface area (Å²) in [5, 5.41) is 0.522. The summed E-state index contributed by atoms with van der Waals surface area (Å²) in [4.78, 5) is 16.6. The standard InChI is InChI=1S/C14H15ClN2O2/c1-17(14(18)12-7-11(15)8-16-12)9-10-5-3-4-6-13(10)19-2/h3-8,16H,9H2,1-2H3. The van der Waals surface area contributed by atoms with Crippen molar-refractivity contribution >= 4 is 17.5 Å². The van der Waals surface area contributed by atoms with Gasteiger partial charge in [-0.2, -0.15) is 0 Å². The monoisotopic (exact) mass is 278 g/mol. The molecule has 1 amide bonds. The summed E-state index contributed by atoms with van der Waals surface area (Å²) in [7, 11) is 3.36. The van der Waals surface area contributed by atoms with E-state index in [1.165, 1.54) is 0 Å². The maximum atomic E-state index is 12.2. The van der Waals surface area contributed by atoms with Gasteiger partial charge in [0.15, 0.2) is 0 Å². The number of nitrogens with zero attached hydrogens (tertiary/aromatic N) is 1. The molecule has 100 valence electrons. The molecule has 19 heavy (non-hydrogen) atoms. The number of hydrogen-bond acceptors (Lipinski definition) is 2. The third-order valence-electron chi connectivity index (χ3n) is 2.82. The van der Waals surface area contributed by atoms with Gasteiger partial charge < -0.3 is 14.6 Å². The summed E-state index contributed by atoms with van der Waals surface area (Å²) in [6, 6.07) is 9.24. The Morgan fingerprint density at radius 1 is 1.42 bits per heavy atom. The van der Waals surface area contributed by atoms with Gasteiger partial charge in [0.1, 0.15) is 11.4 Å². The molecule has 4 nitrogen and oxygen atoms in total. The van der Waals surface area contributed by atoms with Crippen molar-refractivity contribution in [1.82, 2.24) is 9.88 Å². The fourth-order valence-corrected chi connectivity index (χ4v) is 2.02. The molecule has 0 fully saturated rings. The minimum Gasteiger partial charge on any atom is -0.496 e. The molecule has 5 heteroatoms. The lowest BCUT2D eigenvalue weighted by Gasteiger charge is -2.18. The number of methoxy groups -OCH3 is 1. The van der Waals surface area contributed by atoms with Crippen molar-refractivity contribution in [3.63, 3.8) is 0 Å². The molecule has 0 saturated carbocycles. The first kappa shape index (κ1) is 13.5. The first-order chi connectivity index (χ1) is 9.11. The number of aromatic nitrogens is 1. The maximum Gasteiger partial charge on any atom is 0.270 e. The number of carbonyl (C=O) groups excluding carboxylic acids is 1. The molecule has 0 saturated heterocycles. The van der Waals surface area contributed by atoms with E-state index in [0.717, 1.165) is 11.3 Å². The van der Waals surface area contributed by atoms with E-state index < -0.39 is 0 Å². The van der Waals surface area contributed by atoms with Gasteiger partial charge in [-0.3, -0.25) is 4.79 Å². The second-order valence-corrected chi connectivity index (χ2v) is 4.64. The molecule has 1 aromatic carbocycles. The maximum absolute atomic E-state index is 12.2. The van der Waals surface area contributed by atoms with Crippen molar-refractivity contribution in [3.8, 4) is 5.75 Å². The molecule has 0 bridgehead atoms. The van der Waals surface area contributed by atoms with Crippen molar-refractivity contribution in [3.05, 3.63) is 52.8 Å². The Morgan fingerprint density at radius 3 is 2.79 bits per heavy atom. The van der Waals surface area contributed by atoms with Crippen molar-refractivity contribution in [2.24, 2.45) is 0 Å². The van der Waals surface area contributed by atoms with Gasteiger partial charge in [0, 0.05) is 25.4 Å². The highest BCUT2D eigenvalue weighted by molar-refractivity contribution is 6.30. The van der Waals surface area contributed by atoms with Crippen LogP contribution >= 0.6 is 11.6 Å². The molecule has 0 aliphatic heterocycles. The van der Waals surface area contributed by atoms with Gasteiger partial charge in [-0.15, -0.1) is 0 Å². The van der Waals surface area contributed by atoms with Gasteiger partial charge in [-0.25, -0.2) is 0 Å². The van der Waals surface area contributed by atoms with E-state index in [0.29, 0.717) is 17.3 Å². The highest BCUT2D eigenvalue weighted by atomic mass is 35.5. The van der Waals surface area contributed by atoms with Crippen LogP contribution in [0.15, 0.2) is 36.5 Å². The number of H-pyrrole nitrogens is 1. The van der Waals surface area contributed by atoms with Gasteiger partial charge in [-0.05, 0) is 12.1 Å². The predicted octanol–water partition coefficient (Wildman–Crippen LogP) is 2.95. The molecule has 1 N–H and O–H groups in total. The summed E-state index contributed by atoms with van der Waals surface area (Å²) >= 11 is 5.80. The fraction of sp³-hybridized carbons (Fsp3) is 0.214. The number of carbonyl (C=O) groups is 1. The number of benzene rings is 1. The van der Waals surface area contributed by atoms with Gasteiger partial charge in [0.2, 0.25) is 0 Å². The summed E-state index contributed by atoms with van der Waals surface area (Å²) in [6.45, 7) is 0.472. The molecule has 1 heterocycles. The Kier molecular flexibility index (Phi) is 4.12. The van der Waals surface area contributed by atoms with Crippen LogP contribution in [0.1, 0.15) is 16.1 Å². The highest BCUT2D eigenvalue weighted by Crippen LogP contribution is 2.20. The number of ether oxygens (including phenoxy) is 1. The van der Waals surface area contributed by atoms with Gasteiger partial charge in [0.25, 0.3) is 5.91 Å². The van der Waals surface area contributed by atoms with E-state index in [9.17, 15) is 4.79 Å². The van der Waals surface area contributed by atoms with Crippen molar-refractivity contribution in [1.29, 1.82) is 0 Å². The largest absolute Gasteiger partial charge is 0.496 e. The van der Waals surface area contributed by atoms with Crippen LogP contribution in [-0.2, 0) is 6.54 Å². The molecule has 0 radical (unpaired) electrons. The Morgan fingerprint density at radius 2 is 2.16 bits per heavy atom. The van der Waals surface area contributed by atoms with Crippen LogP contribution in [0.3, 0.4) is 0 Å². The lowest BCUT2D eigenvalue weighted by atomic mass is 10.2. The normalized spacial score (nSPS) is 10.3. The number of halogens is 1. The number of aromatic amines is 1. The highest BCUT2D eigenvalue weighted by Gasteiger charge is 2.15. The molecule has 2 aromatic rings. The van der Waals surface area contributed by atoms with Gasteiger partial charge in [-0.1, -0.05) is 29.8 Å². The van der Waals surface area contributed by atoms with E-state index in [-0.39, 0.29) is 5.91 Å². The van der Waals surface area contributed by atoms with Crippen LogP contribution in [-0.4, -0.2) is 29.9 Å². The topological polar surface area (TPSA) is 45.3 Å². The third-order valence-corrected chi connectivity index (χ3v) is 3.04. The van der Waals surface area contributed by atoms with Crippen molar-refractivity contribution in [2.45, 2.75) is 6.54 Å². The SMILES string of the molecule is COc1ccccc1CN(C)C(=O)c1cc(Cl)c[nH]1. The smallest absolute Gasteiger partial charge is 0.270 e. The van der Waals surface area contributed by atoms with Crippen LogP contribution in [0, 0.1) is 0 Å². The van der Waals surface area contributed by atoms with E-state index in [4.69, 9.17) is 16.3 Å². The lowest BCUT2D eigenvalue weighted by Crippen LogP contribution is -2.26. The minimum absolute atomic E-state index is 0.113. The van der Waals surface area contributed by atoms with Crippen molar-refractivity contribution < 1.29 is 9.53 Å². The summed E-state index contributed by atoms with van der Waals surface area (Å²) in [6.07, 6.45) is 1.59. The quantitative estimate of drug-likeness (QED) is 0.934. The molecular formula is C14H15ClN2O2. The number of nitrogens with one attached hydrogen (secondary N) is 1. The number of para-hydroxylation sites is 1. The van der Waals surface area contributed by atoms with Crippen LogP contribution in [0.4, 0.5) is 0 Å². The zero-order valence-electron chi connectivity index (χ0n) is 10.8. The zero-order chi connectivity index (χ0) is 13.8. The van der Waals surface area contributed by atoms with E-state index in [1.807, 2.05) is 24.3 Å². The molecular weight excluding hydrogens is 264 g/mol. The Hall–Kier alpha value is -1.94.